The minimum atomic E-state index is -0.810. The topological polar surface area (TPSA) is 78.9 Å². The Morgan fingerprint density at radius 3 is 0.802 bits per heavy atom. The standard InChI is InChI=1S/C75H126O6/c1-4-7-10-13-16-19-22-25-28-31-33-35-36-37-38-40-41-44-47-50-53-56-59-62-65-68-74(77)80-71-72(70-79-73(76)67-64-61-58-55-52-49-46-43-30-27-24-21-18-15-12-9-6-3)81-75(78)69-66-63-60-57-54-51-48-45-42-39-34-32-29-26-23-20-17-14-11-8-5-2/h8,11,17-18,20-22,25-27,29-31,33-34,39,45,48,54,57,72H,4-7,9-10,12-16,19,23-24,28,32,35-38,40-44,46-47,49-53,55-56,58-71H2,1-3H3/b11-8-,20-17-,21-18-,25-22-,29-26-,30-27-,33-31-,39-34-,48-45-,57-54-. The van der Waals surface area contributed by atoms with E-state index < -0.39 is 6.10 Å². The maximum Gasteiger partial charge on any atom is 0.306 e. The number of hydrogen-bond acceptors (Lipinski definition) is 6. The van der Waals surface area contributed by atoms with Crippen LogP contribution in [0.5, 0.6) is 0 Å². The van der Waals surface area contributed by atoms with E-state index in [2.05, 4.69) is 142 Å². The number of hydrogen-bond donors (Lipinski definition) is 0. The van der Waals surface area contributed by atoms with E-state index in [1.807, 2.05) is 0 Å². The number of allylic oxidation sites excluding steroid dienone is 20. The molecule has 81 heavy (non-hydrogen) atoms. The predicted molar refractivity (Wildman–Crippen MR) is 353 cm³/mol. The lowest BCUT2D eigenvalue weighted by atomic mass is 10.0. The number of unbranched alkanes of at least 4 members (excludes halogenated alkanes) is 30. The number of carbonyl (C=O) groups excluding carboxylic acids is 3. The van der Waals surface area contributed by atoms with E-state index >= 15 is 0 Å². The summed E-state index contributed by atoms with van der Waals surface area (Å²) in [5.41, 5.74) is 0. The third-order valence-electron chi connectivity index (χ3n) is 14.4. The fourth-order valence-electron chi connectivity index (χ4n) is 9.33. The highest BCUT2D eigenvalue weighted by atomic mass is 16.6. The van der Waals surface area contributed by atoms with Gasteiger partial charge < -0.3 is 14.2 Å². The van der Waals surface area contributed by atoms with Gasteiger partial charge in [-0.2, -0.15) is 0 Å². The smallest absolute Gasteiger partial charge is 0.306 e. The molecule has 0 amide bonds. The lowest BCUT2D eigenvalue weighted by Crippen LogP contribution is -2.30. The molecular formula is C75H126O6. The first kappa shape index (κ1) is 76.8. The van der Waals surface area contributed by atoms with Crippen molar-refractivity contribution >= 4 is 17.9 Å². The summed E-state index contributed by atoms with van der Waals surface area (Å²) in [4.78, 5) is 38.4. The molecule has 1 atom stereocenters. The van der Waals surface area contributed by atoms with Crippen LogP contribution in [0.1, 0.15) is 316 Å². The first-order valence-corrected chi connectivity index (χ1v) is 34.0. The molecule has 0 aliphatic heterocycles. The van der Waals surface area contributed by atoms with Crippen LogP contribution in [0.15, 0.2) is 122 Å². The van der Waals surface area contributed by atoms with Gasteiger partial charge in [0.1, 0.15) is 13.2 Å². The van der Waals surface area contributed by atoms with Gasteiger partial charge in [-0.3, -0.25) is 14.4 Å². The average molecular weight is 1120 g/mol. The third-order valence-corrected chi connectivity index (χ3v) is 14.4. The quantitative estimate of drug-likeness (QED) is 0.0261. The summed E-state index contributed by atoms with van der Waals surface area (Å²) in [6.45, 7) is 6.47. The molecule has 0 spiro atoms. The van der Waals surface area contributed by atoms with Crippen molar-refractivity contribution in [3.63, 3.8) is 0 Å². The molecule has 0 saturated carbocycles. The van der Waals surface area contributed by atoms with Crippen LogP contribution >= 0.6 is 0 Å². The molecule has 0 fully saturated rings. The largest absolute Gasteiger partial charge is 0.462 e. The lowest BCUT2D eigenvalue weighted by Gasteiger charge is -2.18. The first-order chi connectivity index (χ1) is 40.0. The van der Waals surface area contributed by atoms with Gasteiger partial charge >= 0.3 is 17.9 Å². The summed E-state index contributed by atoms with van der Waals surface area (Å²) >= 11 is 0. The van der Waals surface area contributed by atoms with Gasteiger partial charge in [0.05, 0.1) is 0 Å². The summed E-state index contributed by atoms with van der Waals surface area (Å²) in [7, 11) is 0. The molecule has 0 aromatic heterocycles. The van der Waals surface area contributed by atoms with Gasteiger partial charge in [-0.05, 0) is 135 Å². The SMILES string of the molecule is CC/C=C\C/C=C\C/C=C\C/C=C\C/C=C\C/C=C\CCCCC(=O)OC(COC(=O)CCCCCCCCC/C=C\C/C=C\CCCCC)COC(=O)CCCCCCCCCCCCCCC/C=C\C/C=C\CCCCCCC. The third kappa shape index (κ3) is 66.5. The van der Waals surface area contributed by atoms with Crippen LogP contribution in [0.3, 0.4) is 0 Å². The summed E-state index contributed by atoms with van der Waals surface area (Å²) in [6, 6.07) is 0. The molecule has 0 N–H and O–H groups in total. The highest BCUT2D eigenvalue weighted by molar-refractivity contribution is 5.71. The van der Waals surface area contributed by atoms with Crippen LogP contribution < -0.4 is 0 Å². The summed E-state index contributed by atoms with van der Waals surface area (Å²) in [6.07, 6.45) is 95.0. The molecule has 0 aromatic rings. The molecule has 0 heterocycles. The van der Waals surface area contributed by atoms with Crippen LogP contribution in [0.2, 0.25) is 0 Å². The van der Waals surface area contributed by atoms with Crippen LogP contribution in [0, 0.1) is 0 Å². The number of esters is 3. The minimum absolute atomic E-state index is 0.100. The Bertz CT molecular complexity index is 1670. The van der Waals surface area contributed by atoms with E-state index in [0.717, 1.165) is 109 Å². The van der Waals surface area contributed by atoms with Crippen LogP contribution in [-0.4, -0.2) is 37.2 Å². The fourth-order valence-corrected chi connectivity index (χ4v) is 9.33. The summed E-state index contributed by atoms with van der Waals surface area (Å²) < 4.78 is 16.9. The van der Waals surface area contributed by atoms with Crippen molar-refractivity contribution in [2.75, 3.05) is 13.2 Å². The van der Waals surface area contributed by atoms with Crippen molar-refractivity contribution in [2.45, 2.75) is 322 Å². The molecule has 6 heteroatoms. The van der Waals surface area contributed by atoms with Crippen molar-refractivity contribution in [3.05, 3.63) is 122 Å². The molecule has 0 aliphatic rings. The van der Waals surface area contributed by atoms with Gasteiger partial charge in [0.15, 0.2) is 6.10 Å². The van der Waals surface area contributed by atoms with Crippen molar-refractivity contribution in [3.8, 4) is 0 Å². The molecule has 0 rings (SSSR count). The first-order valence-electron chi connectivity index (χ1n) is 34.0. The number of rotatable bonds is 61. The van der Waals surface area contributed by atoms with E-state index in [4.69, 9.17) is 14.2 Å². The molecule has 1 unspecified atom stereocenters. The second-order valence-electron chi connectivity index (χ2n) is 22.3. The van der Waals surface area contributed by atoms with Gasteiger partial charge in [-0.15, -0.1) is 0 Å². The number of ether oxygens (including phenoxy) is 3. The van der Waals surface area contributed by atoms with Gasteiger partial charge in [0.2, 0.25) is 0 Å². The van der Waals surface area contributed by atoms with Crippen LogP contribution in [0.4, 0.5) is 0 Å². The Kier molecular flexibility index (Phi) is 64.8. The zero-order chi connectivity index (χ0) is 58.5. The number of carbonyl (C=O) groups is 3. The monoisotopic (exact) mass is 1120 g/mol. The van der Waals surface area contributed by atoms with E-state index in [-0.39, 0.29) is 37.5 Å². The lowest BCUT2D eigenvalue weighted by molar-refractivity contribution is -0.167. The van der Waals surface area contributed by atoms with Crippen molar-refractivity contribution in [2.24, 2.45) is 0 Å². The second-order valence-corrected chi connectivity index (χ2v) is 22.3. The Labute approximate surface area is 501 Å². The highest BCUT2D eigenvalue weighted by Crippen LogP contribution is 2.16. The zero-order valence-corrected chi connectivity index (χ0v) is 53.0. The van der Waals surface area contributed by atoms with Gasteiger partial charge in [-0.1, -0.05) is 284 Å². The molecule has 0 saturated heterocycles. The Hall–Kier alpha value is -4.19. The van der Waals surface area contributed by atoms with Gasteiger partial charge in [-0.25, -0.2) is 0 Å². The molecular weight excluding hydrogens is 997 g/mol. The molecule has 0 radical (unpaired) electrons. The van der Waals surface area contributed by atoms with Crippen LogP contribution in [-0.2, 0) is 28.6 Å². The summed E-state index contributed by atoms with van der Waals surface area (Å²) in [5.74, 6) is -0.944. The Morgan fingerprint density at radius 2 is 0.481 bits per heavy atom. The normalized spacial score (nSPS) is 12.9. The van der Waals surface area contributed by atoms with Crippen molar-refractivity contribution in [1.29, 1.82) is 0 Å². The summed E-state index contributed by atoms with van der Waals surface area (Å²) in [5, 5.41) is 0. The fraction of sp³-hybridized carbons (Fsp3) is 0.693. The maximum absolute atomic E-state index is 12.9. The Morgan fingerprint density at radius 1 is 0.259 bits per heavy atom. The highest BCUT2D eigenvalue weighted by Gasteiger charge is 2.19. The van der Waals surface area contributed by atoms with Gasteiger partial charge in [0.25, 0.3) is 0 Å². The van der Waals surface area contributed by atoms with Gasteiger partial charge in [0, 0.05) is 19.3 Å². The van der Waals surface area contributed by atoms with E-state index in [1.165, 1.54) is 161 Å². The van der Waals surface area contributed by atoms with E-state index in [1.54, 1.807) is 0 Å². The van der Waals surface area contributed by atoms with Crippen LogP contribution in [0.25, 0.3) is 0 Å². The second kappa shape index (κ2) is 68.3. The molecule has 6 nitrogen and oxygen atoms in total. The zero-order valence-electron chi connectivity index (χ0n) is 53.0. The Balaban J connectivity index is 4.44. The van der Waals surface area contributed by atoms with E-state index in [0.29, 0.717) is 19.3 Å². The molecule has 0 aliphatic carbocycles. The van der Waals surface area contributed by atoms with Crippen molar-refractivity contribution < 1.29 is 28.6 Å². The van der Waals surface area contributed by atoms with Crippen molar-refractivity contribution in [1.82, 2.24) is 0 Å². The predicted octanol–water partition coefficient (Wildman–Crippen LogP) is 23.6. The minimum Gasteiger partial charge on any atom is -0.462 e. The molecule has 462 valence electrons. The average Bonchev–Trinajstić information content (AvgIpc) is 3.47. The molecule has 0 bridgehead atoms. The molecule has 0 aromatic carbocycles. The van der Waals surface area contributed by atoms with E-state index in [9.17, 15) is 14.4 Å². The maximum atomic E-state index is 12.9.